The van der Waals surface area contributed by atoms with E-state index in [1.807, 2.05) is 11.8 Å². The first kappa shape index (κ1) is 12.5. The van der Waals surface area contributed by atoms with E-state index in [2.05, 4.69) is 10.3 Å². The molecule has 1 fully saturated rings. The van der Waals surface area contributed by atoms with Gasteiger partial charge in [0.05, 0.1) is 5.02 Å². The highest BCUT2D eigenvalue weighted by atomic mass is 35.5. The van der Waals surface area contributed by atoms with Gasteiger partial charge in [0.2, 0.25) is 0 Å². The zero-order chi connectivity index (χ0) is 12.3. The maximum absolute atomic E-state index is 10.9. The predicted octanol–water partition coefficient (Wildman–Crippen LogP) is 2.74. The Kier molecular flexibility index (Phi) is 4.12. The molecular formula is C11H13ClN2O2S. The molecule has 0 unspecified atom stereocenters. The summed E-state index contributed by atoms with van der Waals surface area (Å²) in [5.41, 5.74) is -0.0955. The van der Waals surface area contributed by atoms with E-state index < -0.39 is 5.97 Å². The van der Waals surface area contributed by atoms with Crippen LogP contribution < -0.4 is 5.32 Å². The highest BCUT2D eigenvalue weighted by Gasteiger charge is 2.16. The van der Waals surface area contributed by atoms with Gasteiger partial charge in [-0.05, 0) is 36.5 Å². The third kappa shape index (κ3) is 3.26. The van der Waals surface area contributed by atoms with Gasteiger partial charge in [0.25, 0.3) is 0 Å². The molecule has 0 aromatic carbocycles. The Bertz CT molecular complexity index is 422. The molecule has 92 valence electrons. The second kappa shape index (κ2) is 5.60. The number of hydrogen-bond acceptors (Lipinski definition) is 4. The molecular weight excluding hydrogens is 260 g/mol. The van der Waals surface area contributed by atoms with E-state index in [9.17, 15) is 4.79 Å². The fourth-order valence-corrected chi connectivity index (χ4v) is 3.02. The zero-order valence-corrected chi connectivity index (χ0v) is 10.7. The Morgan fingerprint density at radius 3 is 2.82 bits per heavy atom. The van der Waals surface area contributed by atoms with Crippen molar-refractivity contribution in [3.8, 4) is 0 Å². The van der Waals surface area contributed by atoms with E-state index in [-0.39, 0.29) is 10.7 Å². The summed E-state index contributed by atoms with van der Waals surface area (Å²) >= 11 is 7.70. The van der Waals surface area contributed by atoms with E-state index >= 15 is 0 Å². The van der Waals surface area contributed by atoms with Gasteiger partial charge < -0.3 is 10.4 Å². The largest absolute Gasteiger partial charge is 0.476 e. The summed E-state index contributed by atoms with van der Waals surface area (Å²) in [5, 5.41) is 12.3. The lowest BCUT2D eigenvalue weighted by Crippen LogP contribution is -2.25. The van der Waals surface area contributed by atoms with Crippen LogP contribution in [0.3, 0.4) is 0 Å². The molecule has 0 saturated carbocycles. The minimum atomic E-state index is -1.10. The molecule has 2 heterocycles. The van der Waals surface area contributed by atoms with Crippen molar-refractivity contribution >= 4 is 35.1 Å². The summed E-state index contributed by atoms with van der Waals surface area (Å²) < 4.78 is 0. The van der Waals surface area contributed by atoms with E-state index in [0.717, 1.165) is 24.3 Å². The molecule has 1 aromatic heterocycles. The molecule has 0 amide bonds. The van der Waals surface area contributed by atoms with E-state index in [1.165, 1.54) is 0 Å². The summed E-state index contributed by atoms with van der Waals surface area (Å²) in [6.45, 7) is 0. The molecule has 0 radical (unpaired) electrons. The SMILES string of the molecule is O=C(O)c1nc(NC2CCSCC2)ccc1Cl. The minimum absolute atomic E-state index is 0.0955. The second-order valence-corrected chi connectivity index (χ2v) is 5.50. The number of carboxylic acid groups (broad SMARTS) is 1. The molecule has 1 aliphatic heterocycles. The fraction of sp³-hybridized carbons (Fsp3) is 0.455. The van der Waals surface area contributed by atoms with Crippen molar-refractivity contribution in [2.24, 2.45) is 0 Å². The monoisotopic (exact) mass is 272 g/mol. The van der Waals surface area contributed by atoms with Gasteiger partial charge in [-0.15, -0.1) is 0 Å². The van der Waals surface area contributed by atoms with Crippen LogP contribution in [0.1, 0.15) is 23.3 Å². The van der Waals surface area contributed by atoms with Crippen LogP contribution in [0.25, 0.3) is 0 Å². The number of halogens is 1. The first-order valence-corrected chi connectivity index (χ1v) is 6.94. The van der Waals surface area contributed by atoms with Crippen LogP contribution in [0, 0.1) is 0 Å². The summed E-state index contributed by atoms with van der Waals surface area (Å²) in [6, 6.07) is 3.67. The number of aromatic carboxylic acids is 1. The number of hydrogen-bond donors (Lipinski definition) is 2. The van der Waals surface area contributed by atoms with E-state index in [0.29, 0.717) is 11.9 Å². The third-order valence-corrected chi connectivity index (χ3v) is 3.98. The average Bonchev–Trinajstić information content (AvgIpc) is 2.32. The minimum Gasteiger partial charge on any atom is -0.476 e. The summed E-state index contributed by atoms with van der Waals surface area (Å²) in [5.74, 6) is 1.76. The van der Waals surface area contributed by atoms with Gasteiger partial charge in [-0.25, -0.2) is 9.78 Å². The molecule has 1 aromatic rings. The van der Waals surface area contributed by atoms with Gasteiger partial charge in [0.1, 0.15) is 5.82 Å². The van der Waals surface area contributed by atoms with Gasteiger partial charge in [-0.3, -0.25) is 0 Å². The molecule has 0 bridgehead atoms. The number of thioether (sulfide) groups is 1. The quantitative estimate of drug-likeness (QED) is 0.886. The first-order chi connectivity index (χ1) is 8.16. The van der Waals surface area contributed by atoms with Crippen LogP contribution in [0.2, 0.25) is 5.02 Å². The molecule has 0 spiro atoms. The van der Waals surface area contributed by atoms with Crippen LogP contribution in [-0.4, -0.2) is 33.6 Å². The van der Waals surface area contributed by atoms with Crippen molar-refractivity contribution < 1.29 is 9.90 Å². The molecule has 1 saturated heterocycles. The lowest BCUT2D eigenvalue weighted by atomic mass is 10.1. The normalized spacial score (nSPS) is 16.8. The van der Waals surface area contributed by atoms with Gasteiger partial charge in [-0.1, -0.05) is 11.6 Å². The lowest BCUT2D eigenvalue weighted by molar-refractivity contribution is 0.0691. The van der Waals surface area contributed by atoms with Crippen LogP contribution in [-0.2, 0) is 0 Å². The number of pyridine rings is 1. The van der Waals surface area contributed by atoms with Crippen molar-refractivity contribution in [3.63, 3.8) is 0 Å². The van der Waals surface area contributed by atoms with Crippen LogP contribution >= 0.6 is 23.4 Å². The first-order valence-electron chi connectivity index (χ1n) is 5.41. The molecule has 2 rings (SSSR count). The highest BCUT2D eigenvalue weighted by molar-refractivity contribution is 7.99. The Morgan fingerprint density at radius 2 is 2.18 bits per heavy atom. The molecule has 1 aliphatic rings. The van der Waals surface area contributed by atoms with Crippen molar-refractivity contribution in [2.75, 3.05) is 16.8 Å². The summed E-state index contributed by atoms with van der Waals surface area (Å²) in [7, 11) is 0. The Labute approximate surface area is 109 Å². The molecule has 0 atom stereocenters. The van der Waals surface area contributed by atoms with E-state index in [1.54, 1.807) is 12.1 Å². The number of aromatic nitrogens is 1. The summed E-state index contributed by atoms with van der Waals surface area (Å²) in [6.07, 6.45) is 2.16. The van der Waals surface area contributed by atoms with Crippen molar-refractivity contribution in [1.29, 1.82) is 0 Å². The second-order valence-electron chi connectivity index (χ2n) is 3.86. The Balaban J connectivity index is 2.10. The van der Waals surface area contributed by atoms with Crippen molar-refractivity contribution in [1.82, 2.24) is 4.98 Å². The third-order valence-electron chi connectivity index (χ3n) is 2.62. The maximum Gasteiger partial charge on any atom is 0.356 e. The number of carbonyl (C=O) groups is 1. The molecule has 4 nitrogen and oxygen atoms in total. The highest BCUT2D eigenvalue weighted by Crippen LogP contribution is 2.22. The van der Waals surface area contributed by atoms with Gasteiger partial charge in [0.15, 0.2) is 5.69 Å². The van der Waals surface area contributed by atoms with Crippen LogP contribution in [0.15, 0.2) is 12.1 Å². The maximum atomic E-state index is 10.9. The Hall–Kier alpha value is -0.940. The standard InChI is InChI=1S/C11H13ClN2O2S/c12-8-1-2-9(14-10(8)11(15)16)13-7-3-5-17-6-4-7/h1-2,7H,3-6H2,(H,13,14)(H,15,16). The summed E-state index contributed by atoms with van der Waals surface area (Å²) in [4.78, 5) is 14.9. The fourth-order valence-electron chi connectivity index (χ4n) is 1.72. The smallest absolute Gasteiger partial charge is 0.356 e. The van der Waals surface area contributed by atoms with Gasteiger partial charge in [0, 0.05) is 6.04 Å². The van der Waals surface area contributed by atoms with Gasteiger partial charge in [-0.2, -0.15) is 11.8 Å². The number of carboxylic acids is 1. The molecule has 6 heteroatoms. The van der Waals surface area contributed by atoms with Gasteiger partial charge >= 0.3 is 5.97 Å². The number of anilines is 1. The molecule has 2 N–H and O–H groups in total. The van der Waals surface area contributed by atoms with E-state index in [4.69, 9.17) is 16.7 Å². The zero-order valence-electron chi connectivity index (χ0n) is 9.15. The molecule has 17 heavy (non-hydrogen) atoms. The average molecular weight is 273 g/mol. The van der Waals surface area contributed by atoms with Crippen LogP contribution in [0.5, 0.6) is 0 Å². The molecule has 0 aliphatic carbocycles. The number of nitrogens with zero attached hydrogens (tertiary/aromatic N) is 1. The van der Waals surface area contributed by atoms with Crippen molar-refractivity contribution in [2.45, 2.75) is 18.9 Å². The number of nitrogens with one attached hydrogen (secondary N) is 1. The Morgan fingerprint density at radius 1 is 1.47 bits per heavy atom. The lowest BCUT2D eigenvalue weighted by Gasteiger charge is -2.23. The van der Waals surface area contributed by atoms with Crippen LogP contribution in [0.4, 0.5) is 5.82 Å². The number of rotatable bonds is 3. The topological polar surface area (TPSA) is 62.2 Å². The van der Waals surface area contributed by atoms with Crippen molar-refractivity contribution in [3.05, 3.63) is 22.8 Å². The predicted molar refractivity (Wildman–Crippen MR) is 70.2 cm³/mol.